The molecule has 7 heteroatoms. The molecule has 3 aromatic rings. The standard InChI is InChI=1S/C20H17ClFN3O.ClH/c21-15-5-3-14(4-6-15)18-12-24(20-2-1-11-25(18)20)13-19(26)23-17-9-7-16(22)8-10-17;/h3-10,12H,1-2,11,13H2;1H. The number of aliphatic imine (C=N–C) groups is 1. The van der Waals surface area contributed by atoms with Gasteiger partial charge in [0.1, 0.15) is 18.6 Å². The Morgan fingerprint density at radius 3 is 2.56 bits per heavy atom. The molecule has 0 unspecified atom stereocenters. The molecular formula is C20H18Cl2FN3O. The van der Waals surface area contributed by atoms with Gasteiger partial charge in [0.05, 0.1) is 18.7 Å². The Labute approximate surface area is 168 Å². The van der Waals surface area contributed by atoms with Crippen molar-refractivity contribution in [2.45, 2.75) is 25.9 Å². The van der Waals surface area contributed by atoms with Gasteiger partial charge < -0.3 is 5.11 Å². The lowest BCUT2D eigenvalue weighted by atomic mass is 10.2. The third kappa shape index (κ3) is 4.15. The van der Waals surface area contributed by atoms with E-state index in [2.05, 4.69) is 9.56 Å². The predicted molar refractivity (Wildman–Crippen MR) is 104 cm³/mol. The van der Waals surface area contributed by atoms with Gasteiger partial charge in [-0.2, -0.15) is 0 Å². The second-order valence-electron chi connectivity index (χ2n) is 6.30. The van der Waals surface area contributed by atoms with Gasteiger partial charge in [-0.05, 0) is 55.0 Å². The maximum atomic E-state index is 13.0. The van der Waals surface area contributed by atoms with Crippen LogP contribution in [0.2, 0.25) is 5.02 Å². The number of halogens is 3. The van der Waals surface area contributed by atoms with Crippen LogP contribution < -0.4 is 9.67 Å². The van der Waals surface area contributed by atoms with Crippen molar-refractivity contribution in [3.05, 3.63) is 71.4 Å². The van der Waals surface area contributed by atoms with E-state index in [-0.39, 0.29) is 30.7 Å². The molecule has 0 spiro atoms. The van der Waals surface area contributed by atoms with Crippen LogP contribution in [0.15, 0.2) is 59.7 Å². The molecule has 0 saturated heterocycles. The van der Waals surface area contributed by atoms with E-state index in [4.69, 9.17) is 11.6 Å². The monoisotopic (exact) mass is 405 g/mol. The molecule has 1 aliphatic rings. The molecule has 1 aromatic heterocycles. The highest BCUT2D eigenvalue weighted by atomic mass is 35.5. The molecule has 140 valence electrons. The number of aromatic nitrogens is 2. The first-order valence-corrected chi connectivity index (χ1v) is 8.86. The molecule has 4 nitrogen and oxygen atoms in total. The highest BCUT2D eigenvalue weighted by Gasteiger charge is 2.28. The Kier molecular flexibility index (Phi) is 5.82. The summed E-state index contributed by atoms with van der Waals surface area (Å²) in [5, 5.41) is 13.0. The van der Waals surface area contributed by atoms with Gasteiger partial charge in [-0.15, -0.1) is 12.4 Å². The first-order chi connectivity index (χ1) is 12.6. The van der Waals surface area contributed by atoms with Crippen LogP contribution in [0.5, 0.6) is 0 Å². The Morgan fingerprint density at radius 1 is 1.15 bits per heavy atom. The Balaban J connectivity index is 0.00000210. The summed E-state index contributed by atoms with van der Waals surface area (Å²) in [7, 11) is 0. The van der Waals surface area contributed by atoms with E-state index in [0.29, 0.717) is 10.7 Å². The second-order valence-corrected chi connectivity index (χ2v) is 6.74. The predicted octanol–water partition coefficient (Wildman–Crippen LogP) is 3.69. The van der Waals surface area contributed by atoms with Crippen LogP contribution in [-0.4, -0.2) is 10.5 Å². The summed E-state index contributed by atoms with van der Waals surface area (Å²) < 4.78 is 17.2. The van der Waals surface area contributed by atoms with Crippen LogP contribution in [-0.2, 0) is 19.5 Å². The average Bonchev–Trinajstić information content (AvgIpc) is 3.22. The Bertz CT molecular complexity index is 966. The van der Waals surface area contributed by atoms with Crippen LogP contribution in [0.25, 0.3) is 11.3 Å². The number of fused-ring (bicyclic) bond motifs is 1. The van der Waals surface area contributed by atoms with Crippen molar-refractivity contribution in [1.29, 1.82) is 0 Å². The summed E-state index contributed by atoms with van der Waals surface area (Å²) in [6.07, 6.45) is 3.98. The maximum Gasteiger partial charge on any atom is 0.257 e. The van der Waals surface area contributed by atoms with Gasteiger partial charge >= 0.3 is 0 Å². The van der Waals surface area contributed by atoms with E-state index in [1.807, 2.05) is 35.0 Å². The van der Waals surface area contributed by atoms with E-state index in [1.54, 1.807) is 0 Å². The Morgan fingerprint density at radius 2 is 1.85 bits per heavy atom. The zero-order valence-electron chi connectivity index (χ0n) is 14.4. The molecule has 2 heterocycles. The van der Waals surface area contributed by atoms with Gasteiger partial charge in [0, 0.05) is 16.5 Å². The lowest BCUT2D eigenvalue weighted by molar-refractivity contribution is -0.693. The van der Waals surface area contributed by atoms with Crippen molar-refractivity contribution in [3.63, 3.8) is 0 Å². The molecule has 0 fully saturated rings. The van der Waals surface area contributed by atoms with Gasteiger partial charge in [-0.1, -0.05) is 11.6 Å². The van der Waals surface area contributed by atoms with Crippen LogP contribution in [0.3, 0.4) is 0 Å². The van der Waals surface area contributed by atoms with Crippen LogP contribution in [0, 0.1) is 5.82 Å². The van der Waals surface area contributed by atoms with Gasteiger partial charge in [0.15, 0.2) is 5.69 Å². The van der Waals surface area contributed by atoms with Crippen LogP contribution >= 0.6 is 24.0 Å². The molecule has 4 rings (SSSR count). The number of nitrogens with zero attached hydrogens (tertiary/aromatic N) is 3. The molecule has 0 amide bonds. The molecule has 1 aliphatic heterocycles. The lowest BCUT2D eigenvalue weighted by Crippen LogP contribution is -2.43. The molecule has 0 radical (unpaired) electrons. The summed E-state index contributed by atoms with van der Waals surface area (Å²) >= 11 is 5.98. The first-order valence-electron chi connectivity index (χ1n) is 8.48. The average molecular weight is 406 g/mol. The fraction of sp³-hybridized carbons (Fsp3) is 0.200. The van der Waals surface area contributed by atoms with Crippen molar-refractivity contribution < 1.29 is 14.1 Å². The maximum absolute atomic E-state index is 13.0. The lowest BCUT2D eigenvalue weighted by Gasteiger charge is -2.08. The number of hydrogen-bond acceptors (Lipinski definition) is 2. The molecule has 0 aliphatic carbocycles. The number of imidazole rings is 1. The van der Waals surface area contributed by atoms with Crippen molar-refractivity contribution in [2.24, 2.45) is 4.99 Å². The fourth-order valence-corrected chi connectivity index (χ4v) is 3.46. The van der Waals surface area contributed by atoms with Crippen molar-refractivity contribution in [3.8, 4) is 11.3 Å². The highest BCUT2D eigenvalue weighted by Crippen LogP contribution is 2.26. The number of benzene rings is 2. The summed E-state index contributed by atoms with van der Waals surface area (Å²) in [5.74, 6) is 0.519. The van der Waals surface area contributed by atoms with Gasteiger partial charge in [-0.25, -0.2) is 13.5 Å². The fourth-order valence-electron chi connectivity index (χ4n) is 3.34. The second kappa shape index (κ2) is 8.11. The van der Waals surface area contributed by atoms with Crippen molar-refractivity contribution >= 4 is 35.6 Å². The number of hydrogen-bond donors (Lipinski definition) is 0. The van der Waals surface area contributed by atoms with E-state index in [0.717, 1.165) is 36.5 Å². The van der Waals surface area contributed by atoms with E-state index in [9.17, 15) is 9.50 Å². The minimum absolute atomic E-state index is 0. The summed E-state index contributed by atoms with van der Waals surface area (Å²) in [6, 6.07) is 13.3. The van der Waals surface area contributed by atoms with Gasteiger partial charge in [0.25, 0.3) is 5.82 Å². The summed E-state index contributed by atoms with van der Waals surface area (Å²) in [6.45, 7) is 1.10. The molecular weight excluding hydrogens is 388 g/mol. The minimum Gasteiger partial charge on any atom is -0.859 e. The van der Waals surface area contributed by atoms with Crippen LogP contribution in [0.4, 0.5) is 10.1 Å². The SMILES string of the molecule is Cl.[O-]C(C[n+]1cc(-c2ccc(Cl)cc2)n2c1CCC2)=Nc1ccc(F)cc1. The molecule has 0 N–H and O–H groups in total. The minimum atomic E-state index is -0.344. The Hall–Kier alpha value is -2.37. The molecule has 2 aromatic carbocycles. The smallest absolute Gasteiger partial charge is 0.257 e. The highest BCUT2D eigenvalue weighted by molar-refractivity contribution is 6.30. The largest absolute Gasteiger partial charge is 0.859 e. The summed E-state index contributed by atoms with van der Waals surface area (Å²) in [5.41, 5.74) is 2.61. The van der Waals surface area contributed by atoms with Crippen molar-refractivity contribution in [2.75, 3.05) is 0 Å². The molecule has 0 saturated carbocycles. The molecule has 0 bridgehead atoms. The van der Waals surface area contributed by atoms with Crippen molar-refractivity contribution in [1.82, 2.24) is 4.57 Å². The van der Waals surface area contributed by atoms with Gasteiger partial charge in [0.2, 0.25) is 0 Å². The van der Waals surface area contributed by atoms with E-state index >= 15 is 0 Å². The molecule has 27 heavy (non-hydrogen) atoms. The summed E-state index contributed by atoms with van der Waals surface area (Å²) in [4.78, 5) is 4.06. The zero-order chi connectivity index (χ0) is 18.1. The van der Waals surface area contributed by atoms with E-state index in [1.165, 1.54) is 24.3 Å². The topological polar surface area (TPSA) is 44.2 Å². The third-order valence-electron chi connectivity index (χ3n) is 4.52. The molecule has 0 atom stereocenters. The zero-order valence-corrected chi connectivity index (χ0v) is 16.0. The van der Waals surface area contributed by atoms with Gasteiger partial charge in [-0.3, -0.25) is 4.99 Å². The number of rotatable bonds is 4. The van der Waals surface area contributed by atoms with Crippen LogP contribution in [0.1, 0.15) is 12.2 Å². The third-order valence-corrected chi connectivity index (χ3v) is 4.77. The van der Waals surface area contributed by atoms with E-state index < -0.39 is 0 Å². The first kappa shape index (κ1) is 19.4. The normalized spacial score (nSPS) is 13.3. The quantitative estimate of drug-likeness (QED) is 0.370.